The number of aromatic nitrogens is 2. The highest BCUT2D eigenvalue weighted by atomic mass is 16.7. The lowest BCUT2D eigenvalue weighted by molar-refractivity contribution is -0.117. The third-order valence-electron chi connectivity index (χ3n) is 5.01. The van der Waals surface area contributed by atoms with Gasteiger partial charge in [-0.3, -0.25) is 4.79 Å². The summed E-state index contributed by atoms with van der Waals surface area (Å²) in [4.78, 5) is 18.8. The minimum atomic E-state index is -0.149. The molecule has 1 fully saturated rings. The van der Waals surface area contributed by atoms with E-state index >= 15 is 0 Å². The summed E-state index contributed by atoms with van der Waals surface area (Å²) in [5.74, 6) is 2.94. The summed E-state index contributed by atoms with van der Waals surface area (Å²) in [5.41, 5.74) is 1.61. The Balaban J connectivity index is 1.33. The Bertz CT molecular complexity index is 1050. The molecule has 8 heteroatoms. The third-order valence-corrected chi connectivity index (χ3v) is 5.01. The van der Waals surface area contributed by atoms with E-state index in [1.807, 2.05) is 49.4 Å². The standard InChI is InChI=1S/C21H19N3O5/c1-2-26-16-6-4-15(5-7-16)24-11-14(10-19(24)25)21-22-20(23-29-21)13-3-8-17-18(9-13)28-12-27-17/h3-9,14H,2,10-12H2,1H3/t14-/m1/s1. The average molecular weight is 393 g/mol. The topological polar surface area (TPSA) is 86.9 Å². The van der Waals surface area contributed by atoms with Gasteiger partial charge in [-0.2, -0.15) is 4.98 Å². The Morgan fingerprint density at radius 3 is 2.79 bits per heavy atom. The second kappa shape index (κ2) is 7.12. The number of nitrogens with zero attached hydrogens (tertiary/aromatic N) is 3. The maximum atomic E-state index is 12.5. The van der Waals surface area contributed by atoms with Crippen LogP contribution in [-0.4, -0.2) is 36.0 Å². The molecule has 3 heterocycles. The fraction of sp³-hybridized carbons (Fsp3) is 0.286. The second-order valence-electron chi connectivity index (χ2n) is 6.86. The quantitative estimate of drug-likeness (QED) is 0.657. The molecular formula is C21H19N3O5. The molecule has 5 rings (SSSR count). The van der Waals surface area contributed by atoms with Crippen LogP contribution in [0.3, 0.4) is 0 Å². The highest BCUT2D eigenvalue weighted by molar-refractivity contribution is 5.96. The fourth-order valence-corrected chi connectivity index (χ4v) is 3.57. The Morgan fingerprint density at radius 2 is 1.97 bits per heavy atom. The molecule has 0 unspecified atom stereocenters. The van der Waals surface area contributed by atoms with Gasteiger partial charge in [-0.05, 0) is 49.4 Å². The Hall–Kier alpha value is -3.55. The molecule has 148 valence electrons. The first-order valence-electron chi connectivity index (χ1n) is 9.48. The van der Waals surface area contributed by atoms with Crippen molar-refractivity contribution in [2.75, 3.05) is 24.8 Å². The number of rotatable bonds is 5. The zero-order valence-electron chi connectivity index (χ0n) is 15.8. The molecule has 0 aliphatic carbocycles. The van der Waals surface area contributed by atoms with Crippen LogP contribution in [0.2, 0.25) is 0 Å². The fourth-order valence-electron chi connectivity index (χ4n) is 3.57. The van der Waals surface area contributed by atoms with Crippen LogP contribution in [0.25, 0.3) is 11.4 Å². The minimum absolute atomic E-state index is 0.0296. The number of hydrogen-bond donors (Lipinski definition) is 0. The largest absolute Gasteiger partial charge is 0.494 e. The van der Waals surface area contributed by atoms with E-state index in [4.69, 9.17) is 18.7 Å². The first-order valence-corrected chi connectivity index (χ1v) is 9.48. The molecule has 2 aliphatic heterocycles. The summed E-state index contributed by atoms with van der Waals surface area (Å²) < 4.78 is 21.7. The van der Waals surface area contributed by atoms with Crippen LogP contribution in [0.4, 0.5) is 5.69 Å². The Morgan fingerprint density at radius 1 is 1.14 bits per heavy atom. The molecule has 1 atom stereocenters. The molecule has 3 aromatic rings. The van der Waals surface area contributed by atoms with Crippen molar-refractivity contribution in [3.8, 4) is 28.6 Å². The third kappa shape index (κ3) is 3.26. The van der Waals surface area contributed by atoms with Crippen molar-refractivity contribution in [1.82, 2.24) is 10.1 Å². The number of benzene rings is 2. The van der Waals surface area contributed by atoms with Crippen LogP contribution < -0.4 is 19.1 Å². The van der Waals surface area contributed by atoms with E-state index in [0.29, 0.717) is 42.8 Å². The van der Waals surface area contributed by atoms with Gasteiger partial charge in [-0.25, -0.2) is 0 Å². The van der Waals surface area contributed by atoms with Crippen molar-refractivity contribution >= 4 is 11.6 Å². The van der Waals surface area contributed by atoms with Gasteiger partial charge in [0, 0.05) is 24.2 Å². The highest BCUT2D eigenvalue weighted by Crippen LogP contribution is 2.36. The summed E-state index contributed by atoms with van der Waals surface area (Å²) in [6, 6.07) is 13.0. The van der Waals surface area contributed by atoms with Crippen LogP contribution >= 0.6 is 0 Å². The van der Waals surface area contributed by atoms with Crippen LogP contribution in [0.15, 0.2) is 47.0 Å². The van der Waals surface area contributed by atoms with E-state index in [1.165, 1.54) is 0 Å². The molecular weight excluding hydrogens is 374 g/mol. The van der Waals surface area contributed by atoms with Gasteiger partial charge >= 0.3 is 0 Å². The molecule has 2 aliphatic rings. The number of anilines is 1. The molecule has 8 nitrogen and oxygen atoms in total. The molecule has 0 N–H and O–H groups in total. The number of hydrogen-bond acceptors (Lipinski definition) is 7. The van der Waals surface area contributed by atoms with Crippen molar-refractivity contribution in [1.29, 1.82) is 0 Å². The summed E-state index contributed by atoms with van der Waals surface area (Å²) in [5, 5.41) is 4.08. The van der Waals surface area contributed by atoms with E-state index in [-0.39, 0.29) is 18.6 Å². The van der Waals surface area contributed by atoms with Crippen LogP contribution in [0.5, 0.6) is 17.2 Å². The van der Waals surface area contributed by atoms with Gasteiger partial charge in [0.15, 0.2) is 11.5 Å². The maximum Gasteiger partial charge on any atom is 0.232 e. The van der Waals surface area contributed by atoms with Crippen molar-refractivity contribution in [2.45, 2.75) is 19.3 Å². The van der Waals surface area contributed by atoms with Gasteiger partial charge in [-0.1, -0.05) is 5.16 Å². The van der Waals surface area contributed by atoms with Crippen molar-refractivity contribution in [2.24, 2.45) is 0 Å². The lowest BCUT2D eigenvalue weighted by Crippen LogP contribution is -2.24. The van der Waals surface area contributed by atoms with Crippen molar-refractivity contribution in [3.63, 3.8) is 0 Å². The molecule has 1 amide bonds. The summed E-state index contributed by atoms with van der Waals surface area (Å²) in [7, 11) is 0. The zero-order chi connectivity index (χ0) is 19.8. The van der Waals surface area contributed by atoms with Crippen LogP contribution in [0.1, 0.15) is 25.2 Å². The van der Waals surface area contributed by atoms with Crippen LogP contribution in [0, 0.1) is 0 Å². The first kappa shape index (κ1) is 17.5. The summed E-state index contributed by atoms with van der Waals surface area (Å²) in [6.45, 7) is 3.25. The molecule has 0 saturated carbocycles. The van der Waals surface area contributed by atoms with E-state index in [2.05, 4.69) is 10.1 Å². The van der Waals surface area contributed by atoms with Gasteiger partial charge in [0.25, 0.3) is 0 Å². The number of amides is 1. The highest BCUT2D eigenvalue weighted by Gasteiger charge is 2.35. The second-order valence-corrected chi connectivity index (χ2v) is 6.86. The first-order chi connectivity index (χ1) is 14.2. The van der Waals surface area contributed by atoms with E-state index in [1.54, 1.807) is 4.90 Å². The smallest absolute Gasteiger partial charge is 0.232 e. The Labute approximate surface area is 167 Å². The molecule has 29 heavy (non-hydrogen) atoms. The van der Waals surface area contributed by atoms with Gasteiger partial charge in [-0.15, -0.1) is 0 Å². The summed E-state index contributed by atoms with van der Waals surface area (Å²) >= 11 is 0. The molecule has 2 aromatic carbocycles. The lowest BCUT2D eigenvalue weighted by atomic mass is 10.1. The molecule has 0 spiro atoms. The zero-order valence-corrected chi connectivity index (χ0v) is 15.8. The monoisotopic (exact) mass is 393 g/mol. The van der Waals surface area contributed by atoms with E-state index in [9.17, 15) is 4.79 Å². The predicted octanol–water partition coefficient (Wildman–Crippen LogP) is 3.38. The van der Waals surface area contributed by atoms with Gasteiger partial charge < -0.3 is 23.6 Å². The van der Waals surface area contributed by atoms with E-state index in [0.717, 1.165) is 17.0 Å². The SMILES string of the molecule is CCOc1ccc(N2C[C@H](c3nc(-c4ccc5c(c4)OCO5)no3)CC2=O)cc1. The number of carbonyl (C=O) groups is 1. The number of fused-ring (bicyclic) bond motifs is 1. The number of ether oxygens (including phenoxy) is 3. The predicted molar refractivity (Wildman–Crippen MR) is 103 cm³/mol. The minimum Gasteiger partial charge on any atom is -0.494 e. The summed E-state index contributed by atoms with van der Waals surface area (Å²) in [6.07, 6.45) is 0.329. The Kier molecular flexibility index (Phi) is 4.31. The maximum absolute atomic E-state index is 12.5. The lowest BCUT2D eigenvalue weighted by Gasteiger charge is -2.16. The normalized spacial score (nSPS) is 17.8. The van der Waals surface area contributed by atoms with Gasteiger partial charge in [0.1, 0.15) is 5.75 Å². The molecule has 0 radical (unpaired) electrons. The molecule has 1 aromatic heterocycles. The van der Waals surface area contributed by atoms with Gasteiger partial charge in [0.05, 0.1) is 12.5 Å². The van der Waals surface area contributed by atoms with Crippen LogP contribution in [-0.2, 0) is 4.79 Å². The average Bonchev–Trinajstić information content (AvgIpc) is 3.47. The molecule has 0 bridgehead atoms. The van der Waals surface area contributed by atoms with Gasteiger partial charge in [0.2, 0.25) is 24.4 Å². The van der Waals surface area contributed by atoms with Crippen molar-refractivity contribution in [3.05, 3.63) is 48.4 Å². The molecule has 1 saturated heterocycles. The number of carbonyl (C=O) groups excluding carboxylic acids is 1. The van der Waals surface area contributed by atoms with Crippen molar-refractivity contribution < 1.29 is 23.5 Å². The van der Waals surface area contributed by atoms with E-state index < -0.39 is 0 Å².